The van der Waals surface area contributed by atoms with E-state index in [0.29, 0.717) is 0 Å². The molecule has 0 saturated carbocycles. The average molecular weight is 208 g/mol. The molecule has 0 spiro atoms. The molecular weight excluding hydrogens is 192 g/mol. The third-order valence-corrected chi connectivity index (χ3v) is 3.59. The van der Waals surface area contributed by atoms with E-state index in [1.807, 2.05) is 18.5 Å². The number of hydrogen-bond donors (Lipinski definition) is 1. The minimum Gasteiger partial charge on any atom is -0.310 e. The van der Waals surface area contributed by atoms with Gasteiger partial charge in [-0.2, -0.15) is 11.8 Å². The van der Waals surface area contributed by atoms with Crippen molar-refractivity contribution in [1.82, 2.24) is 10.3 Å². The van der Waals surface area contributed by atoms with Crippen LogP contribution in [0.5, 0.6) is 0 Å². The molecule has 0 atom stereocenters. The molecule has 1 N–H and O–H groups in total. The Balaban J connectivity index is 1.76. The van der Waals surface area contributed by atoms with Gasteiger partial charge in [0.25, 0.3) is 0 Å². The Kier molecular flexibility index (Phi) is 3.83. The molecule has 1 aromatic rings. The molecular formula is C11H16N2S. The summed E-state index contributed by atoms with van der Waals surface area (Å²) < 4.78 is 0. The van der Waals surface area contributed by atoms with Gasteiger partial charge in [0, 0.05) is 25.0 Å². The summed E-state index contributed by atoms with van der Waals surface area (Å²) in [5.74, 6) is 2.62. The summed E-state index contributed by atoms with van der Waals surface area (Å²) in [5.41, 5.74) is 1.28. The normalized spacial score (nSPS) is 18.3. The van der Waals surface area contributed by atoms with E-state index >= 15 is 0 Å². The Hall–Kier alpha value is -0.540. The minimum atomic E-state index is 0.719. The third kappa shape index (κ3) is 3.00. The SMILES string of the molecule is c1cncc(CNC2CCSCC2)c1. The third-order valence-electron chi connectivity index (χ3n) is 2.54. The van der Waals surface area contributed by atoms with Crippen molar-refractivity contribution in [3.8, 4) is 0 Å². The van der Waals surface area contributed by atoms with Crippen molar-refractivity contribution >= 4 is 11.8 Å². The highest BCUT2D eigenvalue weighted by Crippen LogP contribution is 2.17. The zero-order chi connectivity index (χ0) is 9.64. The van der Waals surface area contributed by atoms with Gasteiger partial charge in [0.2, 0.25) is 0 Å². The van der Waals surface area contributed by atoms with Crippen molar-refractivity contribution in [2.24, 2.45) is 0 Å². The van der Waals surface area contributed by atoms with Crippen molar-refractivity contribution in [2.45, 2.75) is 25.4 Å². The zero-order valence-corrected chi connectivity index (χ0v) is 9.09. The van der Waals surface area contributed by atoms with Gasteiger partial charge in [-0.1, -0.05) is 6.07 Å². The average Bonchev–Trinajstić information content (AvgIpc) is 2.29. The lowest BCUT2D eigenvalue weighted by molar-refractivity contribution is 0.482. The van der Waals surface area contributed by atoms with Gasteiger partial charge in [-0.25, -0.2) is 0 Å². The van der Waals surface area contributed by atoms with E-state index in [4.69, 9.17) is 0 Å². The van der Waals surface area contributed by atoms with Crippen molar-refractivity contribution in [2.75, 3.05) is 11.5 Å². The number of thioether (sulfide) groups is 1. The lowest BCUT2D eigenvalue weighted by atomic mass is 10.1. The van der Waals surface area contributed by atoms with Crippen LogP contribution < -0.4 is 5.32 Å². The van der Waals surface area contributed by atoms with Crippen LogP contribution in [-0.2, 0) is 6.54 Å². The van der Waals surface area contributed by atoms with Crippen LogP contribution in [0, 0.1) is 0 Å². The molecule has 1 saturated heterocycles. The van der Waals surface area contributed by atoms with Crippen LogP contribution in [-0.4, -0.2) is 22.5 Å². The van der Waals surface area contributed by atoms with E-state index in [2.05, 4.69) is 28.1 Å². The molecule has 0 unspecified atom stereocenters. The van der Waals surface area contributed by atoms with E-state index in [-0.39, 0.29) is 0 Å². The first kappa shape index (κ1) is 9.99. The lowest BCUT2D eigenvalue weighted by Gasteiger charge is -2.22. The molecule has 76 valence electrons. The van der Waals surface area contributed by atoms with Crippen LogP contribution in [0.2, 0.25) is 0 Å². The standard InChI is InChI=1S/C11H16N2S/c1-2-10(8-12-5-1)9-13-11-3-6-14-7-4-11/h1-2,5,8,11,13H,3-4,6-7,9H2. The Labute approximate surface area is 89.5 Å². The van der Waals surface area contributed by atoms with E-state index < -0.39 is 0 Å². The lowest BCUT2D eigenvalue weighted by Crippen LogP contribution is -2.32. The van der Waals surface area contributed by atoms with Gasteiger partial charge in [0.15, 0.2) is 0 Å². The van der Waals surface area contributed by atoms with Crippen LogP contribution in [0.1, 0.15) is 18.4 Å². The maximum absolute atomic E-state index is 4.10. The Morgan fingerprint density at radius 1 is 1.43 bits per heavy atom. The first-order valence-electron chi connectivity index (χ1n) is 5.15. The minimum absolute atomic E-state index is 0.719. The van der Waals surface area contributed by atoms with Crippen molar-refractivity contribution < 1.29 is 0 Å². The summed E-state index contributed by atoms with van der Waals surface area (Å²) in [7, 11) is 0. The Morgan fingerprint density at radius 2 is 2.29 bits per heavy atom. The molecule has 1 aliphatic rings. The van der Waals surface area contributed by atoms with Crippen LogP contribution in [0.3, 0.4) is 0 Å². The van der Waals surface area contributed by atoms with Crippen LogP contribution in [0.15, 0.2) is 24.5 Å². The highest BCUT2D eigenvalue weighted by Gasteiger charge is 2.12. The van der Waals surface area contributed by atoms with Crippen molar-refractivity contribution in [3.05, 3.63) is 30.1 Å². The van der Waals surface area contributed by atoms with Gasteiger partial charge >= 0.3 is 0 Å². The maximum atomic E-state index is 4.10. The van der Waals surface area contributed by atoms with Crippen molar-refractivity contribution in [3.63, 3.8) is 0 Å². The molecule has 2 nitrogen and oxygen atoms in total. The number of aromatic nitrogens is 1. The van der Waals surface area contributed by atoms with Gasteiger partial charge < -0.3 is 5.32 Å². The van der Waals surface area contributed by atoms with E-state index in [0.717, 1.165) is 12.6 Å². The number of nitrogens with zero attached hydrogens (tertiary/aromatic N) is 1. The molecule has 1 fully saturated rings. The highest BCUT2D eigenvalue weighted by molar-refractivity contribution is 7.99. The van der Waals surface area contributed by atoms with Crippen LogP contribution in [0.25, 0.3) is 0 Å². The first-order valence-corrected chi connectivity index (χ1v) is 6.30. The summed E-state index contributed by atoms with van der Waals surface area (Å²) in [5, 5.41) is 3.58. The number of nitrogens with one attached hydrogen (secondary N) is 1. The summed E-state index contributed by atoms with van der Waals surface area (Å²) in [6, 6.07) is 4.84. The maximum Gasteiger partial charge on any atom is 0.0312 e. The number of pyridine rings is 1. The molecule has 0 amide bonds. The summed E-state index contributed by atoms with van der Waals surface area (Å²) in [4.78, 5) is 4.10. The highest BCUT2D eigenvalue weighted by atomic mass is 32.2. The second-order valence-corrected chi connectivity index (χ2v) is 4.85. The molecule has 0 aliphatic carbocycles. The van der Waals surface area contributed by atoms with Gasteiger partial charge in [-0.15, -0.1) is 0 Å². The van der Waals surface area contributed by atoms with Crippen molar-refractivity contribution in [1.29, 1.82) is 0 Å². The molecule has 0 bridgehead atoms. The van der Waals surface area contributed by atoms with Gasteiger partial charge in [-0.05, 0) is 36.0 Å². The monoisotopic (exact) mass is 208 g/mol. The summed E-state index contributed by atoms with van der Waals surface area (Å²) in [6.45, 7) is 0.961. The van der Waals surface area contributed by atoms with E-state index in [1.165, 1.54) is 29.9 Å². The quantitative estimate of drug-likeness (QED) is 0.823. The molecule has 3 heteroatoms. The Morgan fingerprint density at radius 3 is 3.00 bits per heavy atom. The molecule has 2 heterocycles. The molecule has 0 aromatic carbocycles. The predicted molar refractivity (Wildman–Crippen MR) is 61.4 cm³/mol. The van der Waals surface area contributed by atoms with Gasteiger partial charge in [-0.3, -0.25) is 4.98 Å². The number of rotatable bonds is 3. The molecule has 1 aliphatic heterocycles. The van der Waals surface area contributed by atoms with E-state index in [9.17, 15) is 0 Å². The predicted octanol–water partition coefficient (Wildman–Crippen LogP) is 2.07. The zero-order valence-electron chi connectivity index (χ0n) is 8.28. The second kappa shape index (κ2) is 5.37. The van der Waals surface area contributed by atoms with Gasteiger partial charge in [0.05, 0.1) is 0 Å². The summed E-state index contributed by atoms with van der Waals surface area (Å²) in [6.07, 6.45) is 6.38. The first-order chi connectivity index (χ1) is 6.95. The topological polar surface area (TPSA) is 24.9 Å². The van der Waals surface area contributed by atoms with Gasteiger partial charge in [0.1, 0.15) is 0 Å². The van der Waals surface area contributed by atoms with E-state index in [1.54, 1.807) is 0 Å². The molecule has 0 radical (unpaired) electrons. The molecule has 2 rings (SSSR count). The second-order valence-electron chi connectivity index (χ2n) is 3.63. The molecule has 1 aromatic heterocycles. The number of hydrogen-bond acceptors (Lipinski definition) is 3. The fourth-order valence-electron chi connectivity index (χ4n) is 1.67. The fourth-order valence-corrected chi connectivity index (χ4v) is 2.77. The largest absolute Gasteiger partial charge is 0.310 e. The smallest absolute Gasteiger partial charge is 0.0312 e. The summed E-state index contributed by atoms with van der Waals surface area (Å²) >= 11 is 2.07. The Bertz CT molecular complexity index is 257. The molecule has 14 heavy (non-hydrogen) atoms. The fraction of sp³-hybridized carbons (Fsp3) is 0.545. The van der Waals surface area contributed by atoms with Crippen LogP contribution >= 0.6 is 11.8 Å². The van der Waals surface area contributed by atoms with Crippen LogP contribution in [0.4, 0.5) is 0 Å².